The average Bonchev–Trinajstić information content (AvgIpc) is 3.10. The third-order valence-corrected chi connectivity index (χ3v) is 3.72. The van der Waals surface area contributed by atoms with Crippen molar-refractivity contribution in [1.29, 1.82) is 0 Å². The Morgan fingerprint density at radius 1 is 1.15 bits per heavy atom. The van der Waals surface area contributed by atoms with E-state index in [-0.39, 0.29) is 18.0 Å². The maximum Gasteiger partial charge on any atom is 0.387 e. The Kier molecular flexibility index (Phi) is 5.36. The van der Waals surface area contributed by atoms with Gasteiger partial charge >= 0.3 is 6.61 Å². The van der Waals surface area contributed by atoms with Gasteiger partial charge in [-0.3, -0.25) is 10.1 Å². The van der Waals surface area contributed by atoms with Crippen LogP contribution >= 0.6 is 0 Å². The lowest BCUT2D eigenvalue weighted by atomic mass is 10.1. The summed E-state index contributed by atoms with van der Waals surface area (Å²) in [7, 11) is 0. The fourth-order valence-electron chi connectivity index (χ4n) is 2.40. The summed E-state index contributed by atoms with van der Waals surface area (Å²) in [6.45, 7) is -2.82. The van der Waals surface area contributed by atoms with Crippen LogP contribution in [-0.4, -0.2) is 31.4 Å². The predicted octanol–water partition coefficient (Wildman–Crippen LogP) is 3.19. The first kappa shape index (κ1) is 18.4. The van der Waals surface area contributed by atoms with Gasteiger partial charge in [-0.05, 0) is 29.8 Å². The van der Waals surface area contributed by atoms with Crippen molar-refractivity contribution in [2.75, 3.05) is 0 Å². The van der Waals surface area contributed by atoms with Gasteiger partial charge in [0.1, 0.15) is 12.1 Å². The Labute approximate surface area is 151 Å². The SMILES string of the molecule is O=[N+]([O-])c1ccc(-c2ncn(CC(O)c3ccc(OC(F)F)cc3)n2)cc1. The number of aliphatic hydroxyl groups is 1. The summed E-state index contributed by atoms with van der Waals surface area (Å²) in [5.74, 6) is 0.361. The highest BCUT2D eigenvalue weighted by molar-refractivity contribution is 5.56. The highest BCUT2D eigenvalue weighted by Gasteiger charge is 2.13. The molecule has 8 nitrogen and oxygen atoms in total. The molecule has 1 atom stereocenters. The molecule has 3 rings (SSSR count). The van der Waals surface area contributed by atoms with Gasteiger partial charge in [0.15, 0.2) is 5.82 Å². The fraction of sp³-hybridized carbons (Fsp3) is 0.176. The van der Waals surface area contributed by atoms with Crippen molar-refractivity contribution in [3.8, 4) is 17.1 Å². The maximum absolute atomic E-state index is 12.1. The molecular formula is C17H14F2N4O4. The third kappa shape index (κ3) is 4.61. The molecular weight excluding hydrogens is 362 g/mol. The van der Waals surface area contributed by atoms with Crippen LogP contribution in [0.4, 0.5) is 14.5 Å². The second-order valence-corrected chi connectivity index (χ2v) is 5.56. The van der Waals surface area contributed by atoms with Gasteiger partial charge in [-0.2, -0.15) is 13.9 Å². The quantitative estimate of drug-likeness (QED) is 0.502. The number of rotatable bonds is 7. The minimum absolute atomic E-state index is 0.00200. The summed E-state index contributed by atoms with van der Waals surface area (Å²) in [4.78, 5) is 14.3. The van der Waals surface area contributed by atoms with E-state index in [2.05, 4.69) is 14.8 Å². The number of nitro groups is 1. The van der Waals surface area contributed by atoms with E-state index in [0.717, 1.165) is 0 Å². The van der Waals surface area contributed by atoms with Crippen LogP contribution in [0, 0.1) is 10.1 Å². The van der Waals surface area contributed by atoms with E-state index >= 15 is 0 Å². The Morgan fingerprint density at radius 2 is 1.81 bits per heavy atom. The molecule has 0 fully saturated rings. The van der Waals surface area contributed by atoms with Crippen molar-refractivity contribution in [1.82, 2.24) is 14.8 Å². The molecule has 27 heavy (non-hydrogen) atoms. The van der Waals surface area contributed by atoms with E-state index in [1.54, 1.807) is 0 Å². The number of alkyl halides is 2. The molecule has 0 amide bonds. The summed E-state index contributed by atoms with van der Waals surface area (Å²) in [5.41, 5.74) is 1.07. The Balaban J connectivity index is 1.67. The number of ether oxygens (including phenoxy) is 1. The lowest BCUT2D eigenvalue weighted by Gasteiger charge is -2.11. The first-order valence-electron chi connectivity index (χ1n) is 7.79. The molecule has 0 saturated carbocycles. The van der Waals surface area contributed by atoms with Gasteiger partial charge in [0.2, 0.25) is 0 Å². The maximum atomic E-state index is 12.1. The van der Waals surface area contributed by atoms with Crippen LogP contribution in [0.25, 0.3) is 11.4 Å². The average molecular weight is 376 g/mol. The van der Waals surface area contributed by atoms with E-state index in [0.29, 0.717) is 17.0 Å². The van der Waals surface area contributed by atoms with Gasteiger partial charge < -0.3 is 9.84 Å². The molecule has 1 unspecified atom stereocenters. The molecule has 0 aliphatic heterocycles. The number of hydrogen-bond donors (Lipinski definition) is 1. The molecule has 2 aromatic carbocycles. The summed E-state index contributed by atoms with van der Waals surface area (Å²) in [5, 5.41) is 25.2. The normalized spacial score (nSPS) is 12.1. The minimum atomic E-state index is -2.91. The van der Waals surface area contributed by atoms with E-state index in [1.165, 1.54) is 59.5 Å². The Hall–Kier alpha value is -3.40. The number of aliphatic hydroxyl groups excluding tert-OH is 1. The van der Waals surface area contributed by atoms with E-state index in [1.807, 2.05) is 0 Å². The number of nitro benzene ring substituents is 1. The first-order chi connectivity index (χ1) is 12.9. The van der Waals surface area contributed by atoms with E-state index in [9.17, 15) is 24.0 Å². The van der Waals surface area contributed by atoms with Gasteiger partial charge in [-0.1, -0.05) is 12.1 Å². The monoisotopic (exact) mass is 376 g/mol. The molecule has 1 aromatic heterocycles. The molecule has 0 spiro atoms. The van der Waals surface area contributed by atoms with Crippen LogP contribution < -0.4 is 4.74 Å². The van der Waals surface area contributed by atoms with Crippen LogP contribution in [0.15, 0.2) is 54.9 Å². The van der Waals surface area contributed by atoms with E-state index < -0.39 is 17.6 Å². The van der Waals surface area contributed by atoms with Crippen molar-refractivity contribution in [3.63, 3.8) is 0 Å². The Bertz CT molecular complexity index is 913. The number of benzene rings is 2. The molecule has 0 saturated heterocycles. The molecule has 140 valence electrons. The van der Waals surface area contributed by atoms with Crippen LogP contribution in [0.2, 0.25) is 0 Å². The van der Waals surface area contributed by atoms with Crippen LogP contribution in [0.3, 0.4) is 0 Å². The van der Waals surface area contributed by atoms with Gasteiger partial charge in [-0.15, -0.1) is 0 Å². The highest BCUT2D eigenvalue weighted by atomic mass is 19.3. The Morgan fingerprint density at radius 3 is 2.41 bits per heavy atom. The zero-order chi connectivity index (χ0) is 19.4. The second-order valence-electron chi connectivity index (χ2n) is 5.56. The number of halogens is 2. The zero-order valence-electron chi connectivity index (χ0n) is 13.8. The predicted molar refractivity (Wildman–Crippen MR) is 90.1 cm³/mol. The van der Waals surface area contributed by atoms with Gasteiger partial charge in [0.25, 0.3) is 5.69 Å². The molecule has 3 aromatic rings. The number of nitrogens with zero attached hydrogens (tertiary/aromatic N) is 4. The van der Waals surface area contributed by atoms with Crippen LogP contribution in [0.1, 0.15) is 11.7 Å². The zero-order valence-corrected chi connectivity index (χ0v) is 13.8. The van der Waals surface area contributed by atoms with Crippen LogP contribution in [-0.2, 0) is 6.54 Å². The van der Waals surface area contributed by atoms with Crippen molar-refractivity contribution in [2.45, 2.75) is 19.3 Å². The van der Waals surface area contributed by atoms with Gasteiger partial charge in [-0.25, -0.2) is 9.67 Å². The summed E-state index contributed by atoms with van der Waals surface area (Å²) >= 11 is 0. The summed E-state index contributed by atoms with van der Waals surface area (Å²) in [6, 6.07) is 11.4. The largest absolute Gasteiger partial charge is 0.435 e. The molecule has 1 N–H and O–H groups in total. The molecule has 10 heteroatoms. The first-order valence-corrected chi connectivity index (χ1v) is 7.79. The molecule has 0 aliphatic carbocycles. The minimum Gasteiger partial charge on any atom is -0.435 e. The molecule has 1 heterocycles. The topological polar surface area (TPSA) is 103 Å². The summed E-state index contributed by atoms with van der Waals surface area (Å²) in [6.07, 6.45) is 0.492. The summed E-state index contributed by atoms with van der Waals surface area (Å²) < 4.78 is 30.0. The molecule has 0 aliphatic rings. The standard InChI is InChI=1S/C17H14F2N4O4/c18-17(19)27-14-7-3-11(4-8-14)15(24)9-22-10-20-16(21-22)12-1-5-13(6-2-12)23(25)26/h1-8,10,15,17,24H,9H2. The lowest BCUT2D eigenvalue weighted by molar-refractivity contribution is -0.384. The van der Waals surface area contributed by atoms with Crippen molar-refractivity contribution in [3.05, 3.63) is 70.5 Å². The molecule has 0 radical (unpaired) electrons. The van der Waals surface area contributed by atoms with Gasteiger partial charge in [0, 0.05) is 17.7 Å². The van der Waals surface area contributed by atoms with Crippen LogP contribution in [0.5, 0.6) is 5.75 Å². The van der Waals surface area contributed by atoms with Crippen molar-refractivity contribution >= 4 is 5.69 Å². The highest BCUT2D eigenvalue weighted by Crippen LogP contribution is 2.22. The lowest BCUT2D eigenvalue weighted by Crippen LogP contribution is -2.09. The van der Waals surface area contributed by atoms with Gasteiger partial charge in [0.05, 0.1) is 17.6 Å². The second kappa shape index (κ2) is 7.87. The molecule has 0 bridgehead atoms. The van der Waals surface area contributed by atoms with E-state index in [4.69, 9.17) is 0 Å². The third-order valence-electron chi connectivity index (χ3n) is 3.72. The van der Waals surface area contributed by atoms with Crippen molar-refractivity contribution in [2.24, 2.45) is 0 Å². The fourth-order valence-corrected chi connectivity index (χ4v) is 2.40. The number of hydrogen-bond acceptors (Lipinski definition) is 6. The van der Waals surface area contributed by atoms with Crippen molar-refractivity contribution < 1.29 is 23.5 Å². The number of aromatic nitrogens is 3. The smallest absolute Gasteiger partial charge is 0.387 e. The number of non-ortho nitro benzene ring substituents is 1.